The van der Waals surface area contributed by atoms with E-state index in [2.05, 4.69) is 129 Å². The van der Waals surface area contributed by atoms with E-state index in [4.69, 9.17) is 5.73 Å². The molecule has 0 bridgehead atoms. The number of nitrogens with two attached hydrogens (primary N) is 1. The molecular formula is C38H48N2. The van der Waals surface area contributed by atoms with Crippen molar-refractivity contribution in [2.24, 2.45) is 0 Å². The zero-order chi connectivity index (χ0) is 29.3. The van der Waals surface area contributed by atoms with E-state index in [0.29, 0.717) is 23.7 Å². The third-order valence-corrected chi connectivity index (χ3v) is 8.00. The Labute approximate surface area is 243 Å². The van der Waals surface area contributed by atoms with Crippen molar-refractivity contribution in [1.29, 1.82) is 0 Å². The molecule has 0 aliphatic rings. The summed E-state index contributed by atoms with van der Waals surface area (Å²) < 4.78 is 0. The Balaban J connectivity index is 2.19. The molecule has 0 aliphatic carbocycles. The maximum atomic E-state index is 6.54. The van der Waals surface area contributed by atoms with Gasteiger partial charge in [-0.05, 0) is 83.0 Å². The van der Waals surface area contributed by atoms with Crippen molar-refractivity contribution in [3.05, 3.63) is 100 Å². The summed E-state index contributed by atoms with van der Waals surface area (Å²) in [6.07, 6.45) is 0. The molecule has 0 unspecified atom stereocenters. The van der Waals surface area contributed by atoms with Crippen LogP contribution in [0.3, 0.4) is 0 Å². The van der Waals surface area contributed by atoms with Crippen LogP contribution < -0.4 is 11.1 Å². The highest BCUT2D eigenvalue weighted by Gasteiger charge is 2.25. The summed E-state index contributed by atoms with van der Waals surface area (Å²) >= 11 is 0. The van der Waals surface area contributed by atoms with Crippen LogP contribution in [0.25, 0.3) is 22.3 Å². The van der Waals surface area contributed by atoms with Crippen LogP contribution in [0, 0.1) is 13.8 Å². The summed E-state index contributed by atoms with van der Waals surface area (Å²) in [5.41, 5.74) is 22.7. The van der Waals surface area contributed by atoms with E-state index in [9.17, 15) is 0 Å². The molecular weight excluding hydrogens is 484 g/mol. The Kier molecular flexibility index (Phi) is 8.78. The number of hydrogen-bond donors (Lipinski definition) is 2. The molecule has 0 spiro atoms. The molecule has 2 heteroatoms. The van der Waals surface area contributed by atoms with Crippen LogP contribution in [0.4, 0.5) is 17.1 Å². The van der Waals surface area contributed by atoms with Crippen molar-refractivity contribution in [2.45, 2.75) is 92.9 Å². The van der Waals surface area contributed by atoms with Gasteiger partial charge in [0.1, 0.15) is 0 Å². The van der Waals surface area contributed by atoms with Gasteiger partial charge in [0.25, 0.3) is 0 Å². The fourth-order valence-electron chi connectivity index (χ4n) is 5.98. The van der Waals surface area contributed by atoms with E-state index in [1.54, 1.807) is 0 Å². The highest BCUT2D eigenvalue weighted by molar-refractivity contribution is 5.97. The quantitative estimate of drug-likeness (QED) is 0.221. The van der Waals surface area contributed by atoms with E-state index in [0.717, 1.165) is 17.1 Å². The fourth-order valence-corrected chi connectivity index (χ4v) is 5.98. The van der Waals surface area contributed by atoms with Crippen molar-refractivity contribution in [3.8, 4) is 22.3 Å². The topological polar surface area (TPSA) is 38.0 Å². The largest absolute Gasteiger partial charge is 0.397 e. The predicted molar refractivity (Wildman–Crippen MR) is 177 cm³/mol. The summed E-state index contributed by atoms with van der Waals surface area (Å²) in [4.78, 5) is 0. The first-order valence-corrected chi connectivity index (χ1v) is 14.9. The van der Waals surface area contributed by atoms with Gasteiger partial charge in [0.05, 0.1) is 17.1 Å². The molecule has 0 radical (unpaired) electrons. The minimum atomic E-state index is 0.391. The van der Waals surface area contributed by atoms with Crippen LogP contribution in [-0.4, -0.2) is 0 Å². The van der Waals surface area contributed by atoms with Gasteiger partial charge in [0, 0.05) is 11.1 Å². The highest BCUT2D eigenvalue weighted by atomic mass is 14.9. The van der Waals surface area contributed by atoms with Crippen molar-refractivity contribution < 1.29 is 0 Å². The summed E-state index contributed by atoms with van der Waals surface area (Å²) in [5, 5.41) is 3.88. The van der Waals surface area contributed by atoms with Crippen LogP contribution in [0.1, 0.15) is 112 Å². The molecule has 0 saturated heterocycles. The first-order chi connectivity index (χ1) is 18.9. The van der Waals surface area contributed by atoms with E-state index in [-0.39, 0.29) is 0 Å². The lowest BCUT2D eigenvalue weighted by molar-refractivity contribution is 0.834. The molecule has 0 amide bonds. The van der Waals surface area contributed by atoms with E-state index >= 15 is 0 Å². The second-order valence-corrected chi connectivity index (χ2v) is 12.7. The molecule has 0 saturated carbocycles. The van der Waals surface area contributed by atoms with Gasteiger partial charge in [0.2, 0.25) is 0 Å². The minimum Gasteiger partial charge on any atom is -0.397 e. The second kappa shape index (κ2) is 11.9. The zero-order valence-corrected chi connectivity index (χ0v) is 26.2. The highest BCUT2D eigenvalue weighted by Crippen LogP contribution is 2.48. The number of nitrogens with one attached hydrogen (secondary N) is 1. The van der Waals surface area contributed by atoms with E-state index in [1.165, 1.54) is 55.6 Å². The Bertz CT molecular complexity index is 1360. The van der Waals surface area contributed by atoms with Crippen LogP contribution in [0.5, 0.6) is 0 Å². The number of rotatable bonds is 8. The van der Waals surface area contributed by atoms with Crippen molar-refractivity contribution in [3.63, 3.8) is 0 Å². The van der Waals surface area contributed by atoms with Gasteiger partial charge < -0.3 is 11.1 Å². The fraction of sp³-hybridized carbons (Fsp3) is 0.368. The Morgan fingerprint density at radius 1 is 0.525 bits per heavy atom. The van der Waals surface area contributed by atoms with Crippen molar-refractivity contribution in [1.82, 2.24) is 0 Å². The van der Waals surface area contributed by atoms with E-state index < -0.39 is 0 Å². The monoisotopic (exact) mass is 532 g/mol. The van der Waals surface area contributed by atoms with Crippen LogP contribution in [0.2, 0.25) is 0 Å². The van der Waals surface area contributed by atoms with Gasteiger partial charge in [-0.1, -0.05) is 121 Å². The molecule has 0 aromatic heterocycles. The van der Waals surface area contributed by atoms with E-state index in [1.807, 2.05) is 12.1 Å². The third kappa shape index (κ3) is 5.82. The average Bonchev–Trinajstić information content (AvgIpc) is 2.89. The summed E-state index contributed by atoms with van der Waals surface area (Å²) in [6, 6.07) is 24.5. The summed E-state index contributed by atoms with van der Waals surface area (Å²) in [6.45, 7) is 22.9. The van der Waals surface area contributed by atoms with Crippen molar-refractivity contribution in [2.75, 3.05) is 11.1 Å². The lowest BCUT2D eigenvalue weighted by Gasteiger charge is -2.28. The molecule has 4 aromatic carbocycles. The van der Waals surface area contributed by atoms with Crippen LogP contribution in [0.15, 0.2) is 66.7 Å². The summed E-state index contributed by atoms with van der Waals surface area (Å²) in [5.74, 6) is 1.56. The van der Waals surface area contributed by atoms with Gasteiger partial charge in [-0.15, -0.1) is 0 Å². The molecule has 0 fully saturated rings. The first kappa shape index (κ1) is 29.5. The van der Waals surface area contributed by atoms with Gasteiger partial charge in [0.15, 0.2) is 0 Å². The molecule has 2 nitrogen and oxygen atoms in total. The maximum Gasteiger partial charge on any atom is 0.0618 e. The molecule has 0 aliphatic heterocycles. The molecule has 4 aromatic rings. The smallest absolute Gasteiger partial charge is 0.0618 e. The maximum absolute atomic E-state index is 6.54. The lowest BCUT2D eigenvalue weighted by Crippen LogP contribution is -2.07. The number of aryl methyl sites for hydroxylation is 2. The Hall–Kier alpha value is -3.52. The second-order valence-electron chi connectivity index (χ2n) is 12.7. The van der Waals surface area contributed by atoms with Crippen LogP contribution in [-0.2, 0) is 0 Å². The van der Waals surface area contributed by atoms with Gasteiger partial charge in [-0.25, -0.2) is 0 Å². The number of hydrogen-bond acceptors (Lipinski definition) is 2. The number of anilines is 3. The van der Waals surface area contributed by atoms with Gasteiger partial charge in [-0.3, -0.25) is 0 Å². The number of para-hydroxylation sites is 3. The lowest BCUT2D eigenvalue weighted by atomic mass is 9.79. The van der Waals surface area contributed by atoms with Crippen molar-refractivity contribution >= 4 is 17.1 Å². The number of benzene rings is 4. The zero-order valence-electron chi connectivity index (χ0n) is 26.2. The molecule has 0 heterocycles. The Morgan fingerprint density at radius 2 is 0.900 bits per heavy atom. The molecule has 0 atom stereocenters. The van der Waals surface area contributed by atoms with Gasteiger partial charge >= 0.3 is 0 Å². The Morgan fingerprint density at radius 3 is 1.25 bits per heavy atom. The molecule has 4 rings (SSSR count). The third-order valence-electron chi connectivity index (χ3n) is 8.00. The molecule has 210 valence electrons. The van der Waals surface area contributed by atoms with Gasteiger partial charge in [-0.2, -0.15) is 0 Å². The SMILES string of the molecule is Cc1cc(C(C)C)c(-c2cccc(-c3c(C(C)C)cc(C)cc3C(C)C)c2Nc2ccccc2N)c(C(C)C)c1. The minimum absolute atomic E-state index is 0.391. The standard InChI is InChI=1S/C38H48N2/c1-22(2)30-18-26(9)19-31(23(3)4)36(30)28-14-13-15-29(38(28)40-35-17-12-11-16-34(35)39)37-32(24(5)6)20-27(10)21-33(37)25(7)8/h11-25,40H,39H2,1-10H3. The van der Waals surface area contributed by atoms with Crippen LogP contribution >= 0.6 is 0 Å². The molecule has 40 heavy (non-hydrogen) atoms. The number of nitrogen functional groups attached to an aromatic ring is 1. The predicted octanol–water partition coefficient (Wildman–Crippen LogP) is 11.5. The first-order valence-electron chi connectivity index (χ1n) is 14.9. The average molecular weight is 533 g/mol. The molecule has 3 N–H and O–H groups in total. The summed E-state index contributed by atoms with van der Waals surface area (Å²) in [7, 11) is 0. The normalized spacial score (nSPS) is 11.8.